The number of rotatable bonds is 15. The van der Waals surface area contributed by atoms with Crippen LogP contribution >= 0.6 is 0 Å². The molecule has 0 aliphatic carbocycles. The summed E-state index contributed by atoms with van der Waals surface area (Å²) in [5.74, 6) is 0. The summed E-state index contributed by atoms with van der Waals surface area (Å²) in [6.07, 6.45) is 0. The van der Waals surface area contributed by atoms with E-state index in [2.05, 4.69) is 447 Å². The smallest absolute Gasteiger partial charge is 0.143 e. The van der Waals surface area contributed by atoms with Gasteiger partial charge in [0.2, 0.25) is 0 Å². The first-order chi connectivity index (χ1) is 57.5. The molecule has 0 radical (unpaired) electrons. The summed E-state index contributed by atoms with van der Waals surface area (Å²) in [7, 11) is 0. The molecule has 0 spiro atoms. The van der Waals surface area contributed by atoms with Gasteiger partial charge in [-0.15, -0.1) is 0 Å². The standard InChI is InChI=1S/C112H72N2O2/c1-4-20-73(21-5-1)75-40-44-77(45-41-75)79-48-58-90(59-49-79)113(93-30-16-28-86(69-93)97-35-18-38-107-109(97)102-66-54-82-26-10-13-34-99(82)111(102)115-107)91-62-52-83(53-63-91)104-72-88-27-11-12-32-95(88)105-71-85(56-65-101(104)105)84-55-64-100-89(68-84)57-67-103-110-98(36-19-39-108(110)116-112(100)103)87-29-17-31-94(70-87)114(106-37-15-14-33-96(106)81-24-8-3-9-25-81)92-60-50-80(51-61-92)78-46-42-76(43-47-78)74-22-6-2-7-23-74/h1-72H. The van der Waals surface area contributed by atoms with Crippen LogP contribution in [0.5, 0.6) is 0 Å². The van der Waals surface area contributed by atoms with E-state index in [9.17, 15) is 0 Å². The van der Waals surface area contributed by atoms with Gasteiger partial charge in [0.25, 0.3) is 0 Å². The van der Waals surface area contributed by atoms with Gasteiger partial charge in [-0.1, -0.05) is 322 Å². The maximum atomic E-state index is 7.03. The fourth-order valence-corrected chi connectivity index (χ4v) is 17.7. The molecule has 4 heteroatoms. The van der Waals surface area contributed by atoms with E-state index in [0.717, 1.165) is 161 Å². The molecule has 0 unspecified atom stereocenters. The second-order valence-corrected chi connectivity index (χ2v) is 30.2. The largest absolute Gasteiger partial charge is 0.455 e. The molecule has 0 fully saturated rings. The number of para-hydroxylation sites is 1. The average Bonchev–Trinajstić information content (AvgIpc) is 1.55. The summed E-state index contributed by atoms with van der Waals surface area (Å²) in [5.41, 5.74) is 30.6. The van der Waals surface area contributed by atoms with E-state index < -0.39 is 0 Å². The van der Waals surface area contributed by atoms with E-state index in [0.29, 0.717) is 0 Å². The molecule has 0 bridgehead atoms. The zero-order valence-corrected chi connectivity index (χ0v) is 63.3. The van der Waals surface area contributed by atoms with Crippen LogP contribution in [0.15, 0.2) is 446 Å². The molecule has 0 amide bonds. The number of anilines is 6. The Bertz CT molecular complexity index is 7520. The van der Waals surface area contributed by atoms with Gasteiger partial charge in [0, 0.05) is 66.3 Å². The van der Waals surface area contributed by atoms with Crippen LogP contribution in [-0.4, -0.2) is 0 Å². The molecule has 22 aromatic rings. The van der Waals surface area contributed by atoms with E-state index in [1.165, 1.54) is 60.5 Å². The van der Waals surface area contributed by atoms with Gasteiger partial charge in [-0.3, -0.25) is 0 Å². The molecule has 542 valence electrons. The monoisotopic (exact) mass is 1480 g/mol. The maximum absolute atomic E-state index is 7.03. The molecular weight excluding hydrogens is 1410 g/mol. The van der Waals surface area contributed by atoms with Crippen molar-refractivity contribution in [3.8, 4) is 100 Å². The van der Waals surface area contributed by atoms with Crippen LogP contribution in [-0.2, 0) is 0 Å². The van der Waals surface area contributed by atoms with Gasteiger partial charge < -0.3 is 18.6 Å². The van der Waals surface area contributed by atoms with Gasteiger partial charge >= 0.3 is 0 Å². The lowest BCUT2D eigenvalue weighted by molar-refractivity contribution is 0.672. The van der Waals surface area contributed by atoms with Crippen LogP contribution in [0.4, 0.5) is 34.1 Å². The quantitative estimate of drug-likeness (QED) is 0.0958. The lowest BCUT2D eigenvalue weighted by Gasteiger charge is -2.28. The highest BCUT2D eigenvalue weighted by Gasteiger charge is 2.24. The van der Waals surface area contributed by atoms with Crippen molar-refractivity contribution in [3.05, 3.63) is 437 Å². The molecule has 0 aliphatic heterocycles. The Kier molecular flexibility index (Phi) is 16.6. The van der Waals surface area contributed by atoms with E-state index in [-0.39, 0.29) is 0 Å². The first kappa shape index (κ1) is 67.5. The van der Waals surface area contributed by atoms with Crippen LogP contribution in [0.3, 0.4) is 0 Å². The molecule has 4 nitrogen and oxygen atoms in total. The Hall–Kier alpha value is -15.4. The van der Waals surface area contributed by atoms with Crippen LogP contribution in [0.25, 0.3) is 187 Å². The zero-order valence-electron chi connectivity index (χ0n) is 63.3. The van der Waals surface area contributed by atoms with Crippen molar-refractivity contribution in [1.82, 2.24) is 0 Å². The Labute approximate surface area is 672 Å². The molecule has 22 rings (SSSR count). The van der Waals surface area contributed by atoms with Crippen molar-refractivity contribution in [3.63, 3.8) is 0 Å². The predicted octanol–water partition coefficient (Wildman–Crippen LogP) is 32.0. The normalized spacial score (nSPS) is 11.6. The summed E-state index contributed by atoms with van der Waals surface area (Å²) in [4.78, 5) is 4.79. The Morgan fingerprint density at radius 1 is 0.155 bits per heavy atom. The minimum Gasteiger partial charge on any atom is -0.455 e. The topological polar surface area (TPSA) is 32.8 Å². The molecule has 0 saturated carbocycles. The van der Waals surface area contributed by atoms with E-state index >= 15 is 0 Å². The molecule has 2 heterocycles. The fraction of sp³-hybridized carbons (Fsp3) is 0. The van der Waals surface area contributed by atoms with Crippen molar-refractivity contribution >= 4 is 121 Å². The van der Waals surface area contributed by atoms with Gasteiger partial charge in [0.05, 0.1) is 5.69 Å². The Morgan fingerprint density at radius 3 is 1.06 bits per heavy atom. The highest BCUT2D eigenvalue weighted by molar-refractivity contribution is 6.22. The van der Waals surface area contributed by atoms with Crippen LogP contribution in [0.1, 0.15) is 0 Å². The lowest BCUT2D eigenvalue weighted by atomic mass is 9.90. The van der Waals surface area contributed by atoms with Gasteiger partial charge in [-0.2, -0.15) is 0 Å². The number of furan rings is 2. The fourth-order valence-electron chi connectivity index (χ4n) is 17.7. The molecule has 0 aliphatic rings. The Balaban J connectivity index is 0.594. The second-order valence-electron chi connectivity index (χ2n) is 30.2. The van der Waals surface area contributed by atoms with E-state index in [1.54, 1.807) is 0 Å². The number of benzene rings is 20. The first-order valence-corrected chi connectivity index (χ1v) is 39.7. The number of fused-ring (bicyclic) bond motifs is 13. The molecule has 2 aromatic heterocycles. The second kappa shape index (κ2) is 28.4. The minimum absolute atomic E-state index is 0.850. The third kappa shape index (κ3) is 12.0. The average molecular weight is 1480 g/mol. The van der Waals surface area contributed by atoms with Gasteiger partial charge in [0.1, 0.15) is 22.3 Å². The summed E-state index contributed by atoms with van der Waals surface area (Å²) in [6.45, 7) is 0. The van der Waals surface area contributed by atoms with Crippen molar-refractivity contribution in [2.75, 3.05) is 9.80 Å². The summed E-state index contributed by atoms with van der Waals surface area (Å²) in [6, 6.07) is 159. The van der Waals surface area contributed by atoms with Crippen LogP contribution < -0.4 is 9.80 Å². The van der Waals surface area contributed by atoms with Gasteiger partial charge in [-0.05, 0) is 242 Å². The summed E-state index contributed by atoms with van der Waals surface area (Å²) >= 11 is 0. The van der Waals surface area contributed by atoms with Crippen LogP contribution in [0.2, 0.25) is 0 Å². The van der Waals surface area contributed by atoms with Crippen molar-refractivity contribution < 1.29 is 8.83 Å². The number of hydrogen-bond acceptors (Lipinski definition) is 4. The maximum Gasteiger partial charge on any atom is 0.143 e. The summed E-state index contributed by atoms with van der Waals surface area (Å²) in [5, 5.41) is 13.6. The predicted molar refractivity (Wildman–Crippen MR) is 489 cm³/mol. The van der Waals surface area contributed by atoms with Crippen molar-refractivity contribution in [2.24, 2.45) is 0 Å². The van der Waals surface area contributed by atoms with Gasteiger partial charge in [-0.25, -0.2) is 0 Å². The minimum atomic E-state index is 0.850. The first-order valence-electron chi connectivity index (χ1n) is 39.7. The highest BCUT2D eigenvalue weighted by Crippen LogP contribution is 2.49. The van der Waals surface area contributed by atoms with E-state index in [4.69, 9.17) is 8.83 Å². The third-order valence-electron chi connectivity index (χ3n) is 23.5. The van der Waals surface area contributed by atoms with Crippen molar-refractivity contribution in [1.29, 1.82) is 0 Å². The van der Waals surface area contributed by atoms with Gasteiger partial charge in [0.15, 0.2) is 0 Å². The third-order valence-corrected chi connectivity index (χ3v) is 23.5. The molecule has 0 N–H and O–H groups in total. The molecule has 116 heavy (non-hydrogen) atoms. The van der Waals surface area contributed by atoms with Crippen molar-refractivity contribution in [2.45, 2.75) is 0 Å². The SMILES string of the molecule is c1ccc(-c2ccc(-c3ccc(N(c4ccc(-c5cc6ccccc6c6cc(-c7ccc8c(ccc9c8oc8cccc(-c%10cccc(N(c%11ccc(-c%12ccc(-c%13ccccc%13)cc%12)cc%11)c%11ccccc%11-c%11ccccc%11)c%10)c89)c7)ccc56)cc4)c4cccc(-c5cccc6oc7c8ccccc8ccc7c56)c4)cc3)cc2)cc1. The molecule has 0 saturated heterocycles. The highest BCUT2D eigenvalue weighted by atomic mass is 16.3. The lowest BCUT2D eigenvalue weighted by Crippen LogP contribution is -2.11. The Morgan fingerprint density at radius 2 is 0.509 bits per heavy atom. The summed E-state index contributed by atoms with van der Waals surface area (Å²) < 4.78 is 13.8. The zero-order chi connectivity index (χ0) is 76.6. The number of hydrogen-bond donors (Lipinski definition) is 0. The van der Waals surface area contributed by atoms with E-state index in [1.807, 2.05) is 0 Å². The molecule has 0 atom stereocenters. The van der Waals surface area contributed by atoms with Crippen LogP contribution in [0, 0.1) is 0 Å². The molecule has 20 aromatic carbocycles. The molecular formula is C112H72N2O2. The number of nitrogens with zero attached hydrogens (tertiary/aromatic N) is 2.